The van der Waals surface area contributed by atoms with E-state index in [1.807, 2.05) is 0 Å². The van der Waals surface area contributed by atoms with Gasteiger partial charge >= 0.3 is 0 Å². The third-order valence-corrected chi connectivity index (χ3v) is 3.19. The van der Waals surface area contributed by atoms with E-state index < -0.39 is 17.9 Å². The van der Waals surface area contributed by atoms with E-state index in [2.05, 4.69) is 10.6 Å². The van der Waals surface area contributed by atoms with Gasteiger partial charge in [-0.05, 0) is 19.8 Å². The normalized spacial score (nSPS) is 18.7. The number of rotatable bonds is 6. The zero-order chi connectivity index (χ0) is 15.1. The Kier molecular flexibility index (Phi) is 6.14. The maximum atomic E-state index is 12.0. The molecule has 2 N–H and O–H groups in total. The molecule has 0 bridgehead atoms. The summed E-state index contributed by atoms with van der Waals surface area (Å²) in [7, 11) is 0. The third-order valence-electron chi connectivity index (χ3n) is 3.19. The molecule has 1 unspecified atom stereocenters. The number of hydrogen-bond donors (Lipinski definition) is 2. The average molecular weight is 283 g/mol. The second kappa shape index (κ2) is 7.62. The first-order chi connectivity index (χ1) is 9.41. The molecule has 0 aromatic heterocycles. The predicted octanol–water partition coefficient (Wildman–Crippen LogP) is -0.444. The van der Waals surface area contributed by atoms with Gasteiger partial charge < -0.3 is 10.2 Å². The fourth-order valence-electron chi connectivity index (χ4n) is 2.00. The number of carbonyl (C=O) groups is 4. The monoisotopic (exact) mass is 283 g/mol. The second-order valence-corrected chi connectivity index (χ2v) is 4.90. The summed E-state index contributed by atoms with van der Waals surface area (Å²) in [5, 5.41) is 4.88. The van der Waals surface area contributed by atoms with E-state index >= 15 is 0 Å². The van der Waals surface area contributed by atoms with Gasteiger partial charge in [0.15, 0.2) is 0 Å². The summed E-state index contributed by atoms with van der Waals surface area (Å²) in [5.74, 6) is -1.11. The smallest absolute Gasteiger partial charge is 0.249 e. The van der Waals surface area contributed by atoms with Gasteiger partial charge in [0.25, 0.3) is 0 Å². The van der Waals surface area contributed by atoms with Crippen molar-refractivity contribution in [3.05, 3.63) is 0 Å². The molecule has 20 heavy (non-hydrogen) atoms. The Morgan fingerprint density at radius 2 is 2.00 bits per heavy atom. The zero-order valence-electron chi connectivity index (χ0n) is 11.9. The molecule has 1 heterocycles. The number of imide groups is 1. The summed E-state index contributed by atoms with van der Waals surface area (Å²) in [5.41, 5.74) is 0. The summed E-state index contributed by atoms with van der Waals surface area (Å²) < 4.78 is 0. The first-order valence-corrected chi connectivity index (χ1v) is 6.79. The molecule has 0 radical (unpaired) electrons. The molecule has 7 heteroatoms. The van der Waals surface area contributed by atoms with Gasteiger partial charge in [0.2, 0.25) is 23.6 Å². The van der Waals surface area contributed by atoms with E-state index in [-0.39, 0.29) is 18.4 Å². The topological polar surface area (TPSA) is 95.6 Å². The van der Waals surface area contributed by atoms with Gasteiger partial charge in [0.1, 0.15) is 12.6 Å². The fourth-order valence-corrected chi connectivity index (χ4v) is 2.00. The molecular weight excluding hydrogens is 262 g/mol. The molecule has 0 spiro atoms. The van der Waals surface area contributed by atoms with Crippen molar-refractivity contribution in [3.8, 4) is 0 Å². The Morgan fingerprint density at radius 1 is 1.30 bits per heavy atom. The number of nitrogens with one attached hydrogen (secondary N) is 2. The molecule has 1 atom stereocenters. The Bertz CT molecular complexity index is 408. The summed E-state index contributed by atoms with van der Waals surface area (Å²) in [6.07, 6.45) is 2.61. The van der Waals surface area contributed by atoms with Gasteiger partial charge in [0.05, 0.1) is 0 Å². The van der Waals surface area contributed by atoms with E-state index in [1.165, 1.54) is 11.8 Å². The number of amides is 4. The molecule has 7 nitrogen and oxygen atoms in total. The minimum atomic E-state index is -0.598. The second-order valence-electron chi connectivity index (χ2n) is 4.90. The predicted molar refractivity (Wildman–Crippen MR) is 71.5 cm³/mol. The number of nitrogens with zero attached hydrogens (tertiary/aromatic N) is 1. The van der Waals surface area contributed by atoms with E-state index in [0.717, 1.165) is 12.8 Å². The van der Waals surface area contributed by atoms with Gasteiger partial charge in [0, 0.05) is 19.9 Å². The van der Waals surface area contributed by atoms with Gasteiger partial charge in [-0.1, -0.05) is 6.42 Å². The molecule has 0 aromatic carbocycles. The molecule has 0 saturated carbocycles. The van der Waals surface area contributed by atoms with Crippen molar-refractivity contribution in [1.29, 1.82) is 0 Å². The van der Waals surface area contributed by atoms with E-state index in [9.17, 15) is 19.2 Å². The highest BCUT2D eigenvalue weighted by molar-refractivity contribution is 6.04. The van der Waals surface area contributed by atoms with Crippen LogP contribution in [0.2, 0.25) is 0 Å². The first-order valence-electron chi connectivity index (χ1n) is 6.79. The maximum Gasteiger partial charge on any atom is 0.249 e. The highest BCUT2D eigenvalue weighted by atomic mass is 16.2. The minimum absolute atomic E-state index is 0.0579. The first kappa shape index (κ1) is 16.1. The minimum Gasteiger partial charge on any atom is -0.356 e. The Hall–Kier alpha value is -1.92. The van der Waals surface area contributed by atoms with E-state index in [0.29, 0.717) is 19.4 Å². The van der Waals surface area contributed by atoms with Crippen LogP contribution in [0.25, 0.3) is 0 Å². The van der Waals surface area contributed by atoms with Crippen LogP contribution in [0.5, 0.6) is 0 Å². The van der Waals surface area contributed by atoms with Crippen LogP contribution in [-0.2, 0) is 19.2 Å². The van der Waals surface area contributed by atoms with Crippen molar-refractivity contribution in [3.63, 3.8) is 0 Å². The Morgan fingerprint density at radius 3 is 2.65 bits per heavy atom. The standard InChI is InChI=1S/C13H21N3O4/c1-9-13(20)15-11(18)8-16(9)12(19)6-4-3-5-7-14-10(2)17/h9H,3-8H2,1-2H3,(H,14,17)(H,15,18,20). The molecule has 1 aliphatic rings. The number of carbonyl (C=O) groups excluding carboxylic acids is 4. The van der Waals surface area contributed by atoms with Crippen molar-refractivity contribution < 1.29 is 19.2 Å². The maximum absolute atomic E-state index is 12.0. The highest BCUT2D eigenvalue weighted by Crippen LogP contribution is 2.09. The number of unbranched alkanes of at least 4 members (excludes halogenated alkanes) is 2. The summed E-state index contributed by atoms with van der Waals surface area (Å²) in [6, 6.07) is -0.598. The van der Waals surface area contributed by atoms with Crippen LogP contribution in [0.15, 0.2) is 0 Å². The largest absolute Gasteiger partial charge is 0.356 e. The summed E-state index contributed by atoms with van der Waals surface area (Å²) in [4.78, 5) is 46.6. The number of piperazine rings is 1. The van der Waals surface area contributed by atoms with Gasteiger partial charge in [-0.2, -0.15) is 0 Å². The molecule has 1 aliphatic heterocycles. The lowest BCUT2D eigenvalue weighted by molar-refractivity contribution is -0.149. The summed E-state index contributed by atoms with van der Waals surface area (Å²) >= 11 is 0. The van der Waals surface area contributed by atoms with Gasteiger partial charge in [-0.25, -0.2) is 0 Å². The van der Waals surface area contributed by atoms with E-state index in [1.54, 1.807) is 6.92 Å². The average Bonchev–Trinajstić information content (AvgIpc) is 2.37. The number of hydrogen-bond acceptors (Lipinski definition) is 4. The zero-order valence-corrected chi connectivity index (χ0v) is 11.9. The molecule has 112 valence electrons. The molecule has 1 fully saturated rings. The van der Waals surface area contributed by atoms with Crippen LogP contribution >= 0.6 is 0 Å². The van der Waals surface area contributed by atoms with Crippen LogP contribution in [0, 0.1) is 0 Å². The van der Waals surface area contributed by atoms with Crippen molar-refractivity contribution in [2.24, 2.45) is 0 Å². The van der Waals surface area contributed by atoms with Crippen LogP contribution in [0.1, 0.15) is 39.5 Å². The van der Waals surface area contributed by atoms with Crippen LogP contribution in [0.4, 0.5) is 0 Å². The van der Waals surface area contributed by atoms with Crippen molar-refractivity contribution >= 4 is 23.6 Å². The fraction of sp³-hybridized carbons (Fsp3) is 0.692. The molecular formula is C13H21N3O4. The van der Waals surface area contributed by atoms with Crippen molar-refractivity contribution in [1.82, 2.24) is 15.5 Å². The summed E-state index contributed by atoms with van der Waals surface area (Å²) in [6.45, 7) is 3.61. The molecule has 0 aliphatic carbocycles. The van der Waals surface area contributed by atoms with Crippen molar-refractivity contribution in [2.45, 2.75) is 45.6 Å². The lowest BCUT2D eigenvalue weighted by atomic mass is 10.1. The Labute approximate surface area is 118 Å². The molecule has 0 aromatic rings. The molecule has 4 amide bonds. The van der Waals surface area contributed by atoms with Crippen LogP contribution < -0.4 is 10.6 Å². The molecule has 1 rings (SSSR count). The quantitative estimate of drug-likeness (QED) is 0.510. The molecule has 1 saturated heterocycles. The highest BCUT2D eigenvalue weighted by Gasteiger charge is 2.32. The SMILES string of the molecule is CC(=O)NCCCCCC(=O)N1CC(=O)NC(=O)C1C. The van der Waals surface area contributed by atoms with Crippen LogP contribution in [0.3, 0.4) is 0 Å². The lowest BCUT2D eigenvalue weighted by Crippen LogP contribution is -2.58. The van der Waals surface area contributed by atoms with Gasteiger partial charge in [-0.3, -0.25) is 24.5 Å². The van der Waals surface area contributed by atoms with Gasteiger partial charge in [-0.15, -0.1) is 0 Å². The third kappa shape index (κ3) is 4.99. The Balaban J connectivity index is 2.26. The van der Waals surface area contributed by atoms with E-state index in [4.69, 9.17) is 0 Å². The van der Waals surface area contributed by atoms with Crippen LogP contribution in [-0.4, -0.2) is 47.7 Å². The lowest BCUT2D eigenvalue weighted by Gasteiger charge is -2.31. The van der Waals surface area contributed by atoms with Crippen molar-refractivity contribution in [2.75, 3.05) is 13.1 Å².